The molecule has 0 unspecified atom stereocenters. The molecular weight excluding hydrogens is 252 g/mol. The van der Waals surface area contributed by atoms with Crippen LogP contribution in [0.1, 0.15) is 32.6 Å². The Morgan fingerprint density at radius 2 is 1.89 bits per heavy atom. The Kier molecular flexibility index (Phi) is 6.11. The van der Waals surface area contributed by atoms with Gasteiger partial charge in [0.25, 0.3) is 0 Å². The second kappa shape index (κ2) is 7.60. The topological polar surface area (TPSA) is 95.9 Å². The van der Waals surface area contributed by atoms with Crippen molar-refractivity contribution in [1.82, 2.24) is 10.2 Å². The zero-order valence-electron chi connectivity index (χ0n) is 11.1. The van der Waals surface area contributed by atoms with Crippen LogP contribution in [-0.2, 0) is 14.3 Å². The lowest BCUT2D eigenvalue weighted by molar-refractivity contribution is -0.139. The van der Waals surface area contributed by atoms with Gasteiger partial charge in [-0.15, -0.1) is 0 Å². The van der Waals surface area contributed by atoms with Crippen LogP contribution in [-0.4, -0.2) is 53.7 Å². The predicted octanol–water partition coefficient (Wildman–Crippen LogP) is 0.588. The van der Waals surface area contributed by atoms with Gasteiger partial charge in [-0.2, -0.15) is 0 Å². The van der Waals surface area contributed by atoms with Gasteiger partial charge in [0.05, 0.1) is 13.0 Å². The van der Waals surface area contributed by atoms with E-state index in [1.807, 2.05) is 0 Å². The fourth-order valence-electron chi connectivity index (χ4n) is 1.94. The van der Waals surface area contributed by atoms with Crippen LogP contribution in [0.4, 0.5) is 4.79 Å². The first-order valence-corrected chi connectivity index (χ1v) is 6.45. The molecule has 7 nitrogen and oxygen atoms in total. The lowest BCUT2D eigenvalue weighted by Crippen LogP contribution is -2.46. The number of carbonyl (C=O) groups excluding carboxylic acids is 2. The van der Waals surface area contributed by atoms with Crippen molar-refractivity contribution < 1.29 is 24.2 Å². The minimum atomic E-state index is -0.979. The van der Waals surface area contributed by atoms with Crippen molar-refractivity contribution in [1.29, 1.82) is 0 Å². The molecule has 1 rings (SSSR count). The van der Waals surface area contributed by atoms with Gasteiger partial charge in [0.15, 0.2) is 0 Å². The van der Waals surface area contributed by atoms with Gasteiger partial charge in [0, 0.05) is 25.6 Å². The molecule has 0 atom stereocenters. The maximum atomic E-state index is 11.5. The van der Waals surface area contributed by atoms with Crippen molar-refractivity contribution in [3.8, 4) is 0 Å². The Morgan fingerprint density at radius 1 is 1.26 bits per heavy atom. The molecule has 0 bridgehead atoms. The Morgan fingerprint density at radius 3 is 2.42 bits per heavy atom. The molecule has 1 fully saturated rings. The molecule has 0 aromatic carbocycles. The van der Waals surface area contributed by atoms with Crippen LogP contribution in [0.25, 0.3) is 0 Å². The second-order valence-electron chi connectivity index (χ2n) is 4.42. The molecular formula is C12H20N2O5. The molecule has 2 amide bonds. The highest BCUT2D eigenvalue weighted by atomic mass is 16.6. The molecule has 7 heteroatoms. The highest BCUT2D eigenvalue weighted by molar-refractivity contribution is 5.80. The third-order valence-electron chi connectivity index (χ3n) is 2.95. The fourth-order valence-corrected chi connectivity index (χ4v) is 1.94. The second-order valence-corrected chi connectivity index (χ2v) is 4.42. The third kappa shape index (κ3) is 5.58. The van der Waals surface area contributed by atoms with Crippen LogP contribution < -0.4 is 5.32 Å². The fraction of sp³-hybridized carbons (Fsp3) is 0.750. The average molecular weight is 272 g/mol. The van der Waals surface area contributed by atoms with Crippen molar-refractivity contribution in [3.05, 3.63) is 0 Å². The van der Waals surface area contributed by atoms with Crippen molar-refractivity contribution in [2.45, 2.75) is 38.6 Å². The van der Waals surface area contributed by atoms with Crippen LogP contribution in [0, 0.1) is 0 Å². The molecule has 1 saturated heterocycles. The highest BCUT2D eigenvalue weighted by Crippen LogP contribution is 2.11. The Bertz CT molecular complexity index is 337. The van der Waals surface area contributed by atoms with Crippen LogP contribution in [0.15, 0.2) is 0 Å². The van der Waals surface area contributed by atoms with Gasteiger partial charge in [0.2, 0.25) is 5.91 Å². The van der Waals surface area contributed by atoms with E-state index in [4.69, 9.17) is 9.84 Å². The molecule has 0 spiro atoms. The molecule has 2 N–H and O–H groups in total. The van der Waals surface area contributed by atoms with Crippen LogP contribution in [0.2, 0.25) is 0 Å². The number of aliphatic carboxylic acids is 1. The maximum absolute atomic E-state index is 11.5. The summed E-state index contributed by atoms with van der Waals surface area (Å²) in [6.07, 6.45) is 0.842. The van der Waals surface area contributed by atoms with E-state index in [0.717, 1.165) is 0 Å². The van der Waals surface area contributed by atoms with E-state index in [1.165, 1.54) is 0 Å². The van der Waals surface area contributed by atoms with E-state index in [1.54, 1.807) is 11.8 Å². The molecule has 1 aliphatic heterocycles. The summed E-state index contributed by atoms with van der Waals surface area (Å²) in [5, 5.41) is 11.3. The predicted molar refractivity (Wildman–Crippen MR) is 66.6 cm³/mol. The number of likely N-dealkylation sites (tertiary alicyclic amines) is 1. The zero-order valence-corrected chi connectivity index (χ0v) is 11.1. The van der Waals surface area contributed by atoms with Crippen molar-refractivity contribution in [3.63, 3.8) is 0 Å². The largest absolute Gasteiger partial charge is 0.481 e. The monoisotopic (exact) mass is 272 g/mol. The smallest absolute Gasteiger partial charge is 0.409 e. The first kappa shape index (κ1) is 15.3. The van der Waals surface area contributed by atoms with Gasteiger partial charge in [-0.3, -0.25) is 9.59 Å². The lowest BCUT2D eigenvalue weighted by Gasteiger charge is -2.31. The summed E-state index contributed by atoms with van der Waals surface area (Å²) in [7, 11) is 0. The first-order chi connectivity index (χ1) is 9.02. The number of amides is 2. The standard InChI is InChI=1S/C12H20N2O5/c1-2-19-12(18)14-7-5-9(6-8-14)13-10(15)3-4-11(16)17/h9H,2-8H2,1H3,(H,13,15)(H,16,17). The van der Waals surface area contributed by atoms with E-state index in [-0.39, 0.29) is 30.9 Å². The van der Waals surface area contributed by atoms with Crippen LogP contribution in [0.3, 0.4) is 0 Å². The van der Waals surface area contributed by atoms with Crippen molar-refractivity contribution in [2.75, 3.05) is 19.7 Å². The molecule has 1 aliphatic rings. The Balaban J connectivity index is 2.24. The number of nitrogens with one attached hydrogen (secondary N) is 1. The van der Waals surface area contributed by atoms with Crippen LogP contribution in [0.5, 0.6) is 0 Å². The molecule has 1 heterocycles. The molecule has 0 aromatic heterocycles. The molecule has 0 aliphatic carbocycles. The van der Waals surface area contributed by atoms with E-state index in [9.17, 15) is 14.4 Å². The van der Waals surface area contributed by atoms with Crippen molar-refractivity contribution in [2.24, 2.45) is 0 Å². The minimum absolute atomic E-state index is 0.00646. The van der Waals surface area contributed by atoms with Crippen LogP contribution >= 0.6 is 0 Å². The molecule has 108 valence electrons. The van der Waals surface area contributed by atoms with Gasteiger partial charge in [-0.05, 0) is 19.8 Å². The number of carboxylic acid groups (broad SMARTS) is 1. The molecule has 19 heavy (non-hydrogen) atoms. The summed E-state index contributed by atoms with van der Waals surface area (Å²) in [5.74, 6) is -1.23. The van der Waals surface area contributed by atoms with E-state index < -0.39 is 5.97 Å². The Hall–Kier alpha value is -1.79. The van der Waals surface area contributed by atoms with Gasteiger partial charge < -0.3 is 20.1 Å². The molecule has 0 radical (unpaired) electrons. The minimum Gasteiger partial charge on any atom is -0.481 e. The third-order valence-corrected chi connectivity index (χ3v) is 2.95. The number of rotatable bonds is 5. The van der Waals surface area contributed by atoms with Gasteiger partial charge in [-0.1, -0.05) is 0 Å². The van der Waals surface area contributed by atoms with E-state index >= 15 is 0 Å². The number of carboxylic acids is 1. The number of carbonyl (C=O) groups is 3. The Labute approximate surface area is 111 Å². The zero-order chi connectivity index (χ0) is 14.3. The molecule has 0 aromatic rings. The first-order valence-electron chi connectivity index (χ1n) is 6.45. The number of hydrogen-bond donors (Lipinski definition) is 2. The summed E-state index contributed by atoms with van der Waals surface area (Å²) in [6.45, 7) is 3.20. The lowest BCUT2D eigenvalue weighted by atomic mass is 10.1. The summed E-state index contributed by atoms with van der Waals surface area (Å²) in [6, 6.07) is 0.00646. The SMILES string of the molecule is CCOC(=O)N1CCC(NC(=O)CCC(=O)O)CC1. The highest BCUT2D eigenvalue weighted by Gasteiger charge is 2.24. The number of nitrogens with zero attached hydrogens (tertiary/aromatic N) is 1. The normalized spacial score (nSPS) is 15.9. The maximum Gasteiger partial charge on any atom is 0.409 e. The summed E-state index contributed by atoms with van der Waals surface area (Å²) >= 11 is 0. The summed E-state index contributed by atoms with van der Waals surface area (Å²) in [5.41, 5.74) is 0. The number of ether oxygens (including phenoxy) is 1. The van der Waals surface area contributed by atoms with E-state index in [2.05, 4.69) is 5.32 Å². The van der Waals surface area contributed by atoms with Gasteiger partial charge in [0.1, 0.15) is 0 Å². The number of piperidine rings is 1. The van der Waals surface area contributed by atoms with E-state index in [0.29, 0.717) is 32.5 Å². The van der Waals surface area contributed by atoms with Gasteiger partial charge >= 0.3 is 12.1 Å². The number of hydrogen-bond acceptors (Lipinski definition) is 4. The summed E-state index contributed by atoms with van der Waals surface area (Å²) < 4.78 is 4.90. The van der Waals surface area contributed by atoms with Gasteiger partial charge in [-0.25, -0.2) is 4.79 Å². The quantitative estimate of drug-likeness (QED) is 0.763. The average Bonchev–Trinajstić information content (AvgIpc) is 2.37. The van der Waals surface area contributed by atoms with Crippen molar-refractivity contribution >= 4 is 18.0 Å². The summed E-state index contributed by atoms with van der Waals surface area (Å²) in [4.78, 5) is 34.9. The molecule has 0 saturated carbocycles.